The summed E-state index contributed by atoms with van der Waals surface area (Å²) in [4.78, 5) is 35.8. The van der Waals surface area contributed by atoms with Crippen LogP contribution in [0.4, 0.5) is 0 Å². The molecule has 3 aromatic rings. The number of unbranched alkanes of at least 4 members (excludes halogenated alkanes) is 1. The van der Waals surface area contributed by atoms with Gasteiger partial charge in [-0.1, -0.05) is 31.5 Å². The third-order valence-corrected chi connectivity index (χ3v) is 4.88. The highest BCUT2D eigenvalue weighted by Gasteiger charge is 2.21. The van der Waals surface area contributed by atoms with Gasteiger partial charge in [0.25, 0.3) is 5.91 Å². The molecule has 0 saturated carbocycles. The van der Waals surface area contributed by atoms with Crippen LogP contribution in [0.3, 0.4) is 0 Å². The minimum atomic E-state index is -0.384. The van der Waals surface area contributed by atoms with Crippen LogP contribution in [0.2, 0.25) is 0 Å². The molecular weight excluding hydrogens is 366 g/mol. The largest absolute Gasteiger partial charge is 0.344 e. The molecule has 0 fully saturated rings. The molecule has 2 aromatic heterocycles. The van der Waals surface area contributed by atoms with Crippen molar-refractivity contribution in [2.75, 3.05) is 13.6 Å². The second kappa shape index (κ2) is 9.32. The number of carbonyl (C=O) groups is 2. The highest BCUT2D eigenvalue weighted by atomic mass is 16.2. The van der Waals surface area contributed by atoms with Crippen LogP contribution in [-0.2, 0) is 11.3 Å². The molecule has 0 bridgehead atoms. The predicted molar refractivity (Wildman–Crippen MR) is 112 cm³/mol. The molecule has 152 valence electrons. The second-order valence-electron chi connectivity index (χ2n) is 7.12. The summed E-state index contributed by atoms with van der Waals surface area (Å²) in [6.07, 6.45) is 3.59. The van der Waals surface area contributed by atoms with Crippen molar-refractivity contribution in [2.24, 2.45) is 0 Å². The lowest BCUT2D eigenvalue weighted by molar-refractivity contribution is -0.130. The number of pyridine rings is 1. The quantitative estimate of drug-likeness (QED) is 0.637. The Hall–Kier alpha value is -3.22. The van der Waals surface area contributed by atoms with Crippen LogP contribution in [0.25, 0.3) is 11.0 Å². The predicted octanol–water partition coefficient (Wildman–Crippen LogP) is 3.18. The Labute approximate surface area is 170 Å². The number of amides is 2. The first-order valence-corrected chi connectivity index (χ1v) is 9.92. The number of para-hydroxylation sites is 2. The number of rotatable bonds is 8. The van der Waals surface area contributed by atoms with Crippen molar-refractivity contribution in [3.8, 4) is 0 Å². The lowest BCUT2D eigenvalue weighted by Gasteiger charge is -2.20. The number of imidazole rings is 1. The smallest absolute Gasteiger partial charge is 0.270 e. The fraction of sp³-hybridized carbons (Fsp3) is 0.364. The summed E-state index contributed by atoms with van der Waals surface area (Å²) in [6.45, 7) is 4.87. The van der Waals surface area contributed by atoms with Crippen LogP contribution >= 0.6 is 0 Å². The molecule has 2 heterocycles. The van der Waals surface area contributed by atoms with E-state index in [4.69, 9.17) is 4.98 Å². The number of benzene rings is 1. The zero-order valence-electron chi connectivity index (χ0n) is 17.1. The summed E-state index contributed by atoms with van der Waals surface area (Å²) in [5.41, 5.74) is 2.02. The third kappa shape index (κ3) is 4.80. The van der Waals surface area contributed by atoms with E-state index in [1.807, 2.05) is 42.8 Å². The van der Waals surface area contributed by atoms with Gasteiger partial charge in [-0.25, -0.2) is 4.98 Å². The average Bonchev–Trinajstić information content (AvgIpc) is 3.11. The Morgan fingerprint density at radius 1 is 1.17 bits per heavy atom. The number of likely N-dealkylation sites (N-methyl/N-ethyl adjacent to an activating group) is 1. The van der Waals surface area contributed by atoms with Crippen LogP contribution in [0, 0.1) is 0 Å². The number of fused-ring (bicyclic) bond motifs is 1. The van der Waals surface area contributed by atoms with Gasteiger partial charge in [-0.2, -0.15) is 0 Å². The van der Waals surface area contributed by atoms with Crippen molar-refractivity contribution >= 4 is 22.8 Å². The maximum atomic E-state index is 12.8. The molecule has 0 saturated heterocycles. The number of carbonyl (C=O) groups excluding carboxylic acids is 2. The van der Waals surface area contributed by atoms with Crippen LogP contribution in [0.5, 0.6) is 0 Å². The molecule has 29 heavy (non-hydrogen) atoms. The molecule has 0 aliphatic rings. The highest BCUT2D eigenvalue weighted by molar-refractivity contribution is 5.92. The summed E-state index contributed by atoms with van der Waals surface area (Å²) in [7, 11) is 1.82. The Bertz CT molecular complexity index is 983. The van der Waals surface area contributed by atoms with Crippen LogP contribution < -0.4 is 5.32 Å². The van der Waals surface area contributed by atoms with E-state index in [9.17, 15) is 9.59 Å². The standard InChI is InChI=1S/C22H27N5O2/c1-4-5-14-26(3)20(28)15-27-19-12-7-6-10-17(19)25-21(27)16(2)24-22(29)18-11-8-9-13-23-18/h6-13,16H,4-5,14-15H2,1-3H3,(H,24,29). The first-order valence-electron chi connectivity index (χ1n) is 9.92. The van der Waals surface area contributed by atoms with E-state index in [-0.39, 0.29) is 24.4 Å². The molecule has 1 atom stereocenters. The average molecular weight is 393 g/mol. The molecule has 0 spiro atoms. The van der Waals surface area contributed by atoms with E-state index in [0.717, 1.165) is 30.4 Å². The van der Waals surface area contributed by atoms with Gasteiger partial charge in [-0.05, 0) is 37.6 Å². The molecule has 1 unspecified atom stereocenters. The van der Waals surface area contributed by atoms with Gasteiger partial charge in [0.1, 0.15) is 18.1 Å². The lowest BCUT2D eigenvalue weighted by atomic mass is 10.2. The van der Waals surface area contributed by atoms with E-state index in [1.165, 1.54) is 0 Å². The first kappa shape index (κ1) is 20.5. The summed E-state index contributed by atoms with van der Waals surface area (Å²) in [5, 5.41) is 2.94. The van der Waals surface area contributed by atoms with E-state index < -0.39 is 0 Å². The van der Waals surface area contributed by atoms with Crippen molar-refractivity contribution in [3.63, 3.8) is 0 Å². The first-order chi connectivity index (χ1) is 14.0. The van der Waals surface area contributed by atoms with Gasteiger partial charge in [0.15, 0.2) is 0 Å². The molecule has 3 rings (SSSR count). The molecule has 0 radical (unpaired) electrons. The molecule has 7 nitrogen and oxygen atoms in total. The number of nitrogens with zero attached hydrogens (tertiary/aromatic N) is 4. The number of aromatic nitrogens is 3. The monoisotopic (exact) mass is 393 g/mol. The normalized spacial score (nSPS) is 12.0. The van der Waals surface area contributed by atoms with Crippen molar-refractivity contribution in [3.05, 3.63) is 60.2 Å². The van der Waals surface area contributed by atoms with Crippen molar-refractivity contribution in [1.29, 1.82) is 0 Å². The van der Waals surface area contributed by atoms with Gasteiger partial charge in [0, 0.05) is 19.8 Å². The summed E-state index contributed by atoms with van der Waals surface area (Å²) in [5.74, 6) is 0.391. The second-order valence-corrected chi connectivity index (χ2v) is 7.12. The van der Waals surface area contributed by atoms with Gasteiger partial charge >= 0.3 is 0 Å². The summed E-state index contributed by atoms with van der Waals surface area (Å²) >= 11 is 0. The molecular formula is C22H27N5O2. The number of hydrogen-bond donors (Lipinski definition) is 1. The molecule has 2 amide bonds. The Morgan fingerprint density at radius 2 is 1.93 bits per heavy atom. The molecule has 1 N–H and O–H groups in total. The molecule has 0 aliphatic carbocycles. The van der Waals surface area contributed by atoms with Crippen LogP contribution in [-0.4, -0.2) is 44.8 Å². The molecule has 1 aromatic carbocycles. The lowest BCUT2D eigenvalue weighted by Crippen LogP contribution is -2.33. The topological polar surface area (TPSA) is 80.1 Å². The summed E-state index contributed by atoms with van der Waals surface area (Å²) < 4.78 is 1.89. The van der Waals surface area contributed by atoms with E-state index >= 15 is 0 Å². The third-order valence-electron chi connectivity index (χ3n) is 4.88. The minimum Gasteiger partial charge on any atom is -0.344 e. The maximum Gasteiger partial charge on any atom is 0.270 e. The zero-order chi connectivity index (χ0) is 20.8. The highest BCUT2D eigenvalue weighted by Crippen LogP contribution is 2.21. The zero-order valence-corrected chi connectivity index (χ0v) is 17.1. The molecule has 0 aliphatic heterocycles. The van der Waals surface area contributed by atoms with Crippen molar-refractivity contribution in [2.45, 2.75) is 39.3 Å². The SMILES string of the molecule is CCCCN(C)C(=O)Cn1c(C(C)NC(=O)c2ccccn2)nc2ccccc21. The maximum absolute atomic E-state index is 12.8. The van der Waals surface area contributed by atoms with Crippen molar-refractivity contribution < 1.29 is 9.59 Å². The van der Waals surface area contributed by atoms with Gasteiger partial charge < -0.3 is 14.8 Å². The Kier molecular flexibility index (Phi) is 6.59. The summed E-state index contributed by atoms with van der Waals surface area (Å²) in [6, 6.07) is 12.5. The van der Waals surface area contributed by atoms with Crippen LogP contribution in [0.1, 0.15) is 49.0 Å². The van der Waals surface area contributed by atoms with E-state index in [0.29, 0.717) is 11.5 Å². The fourth-order valence-corrected chi connectivity index (χ4v) is 3.20. The van der Waals surface area contributed by atoms with Gasteiger partial charge in [-0.15, -0.1) is 0 Å². The van der Waals surface area contributed by atoms with Crippen molar-refractivity contribution in [1.82, 2.24) is 24.8 Å². The van der Waals surface area contributed by atoms with E-state index in [1.54, 1.807) is 29.3 Å². The van der Waals surface area contributed by atoms with Gasteiger partial charge in [-0.3, -0.25) is 14.6 Å². The Morgan fingerprint density at radius 3 is 2.66 bits per heavy atom. The minimum absolute atomic E-state index is 0.0195. The number of hydrogen-bond acceptors (Lipinski definition) is 4. The molecule has 7 heteroatoms. The van der Waals surface area contributed by atoms with Crippen LogP contribution in [0.15, 0.2) is 48.7 Å². The van der Waals surface area contributed by atoms with Gasteiger partial charge in [0.05, 0.1) is 17.1 Å². The fourth-order valence-electron chi connectivity index (χ4n) is 3.20. The number of nitrogens with one attached hydrogen (secondary N) is 1. The van der Waals surface area contributed by atoms with E-state index in [2.05, 4.69) is 17.2 Å². The van der Waals surface area contributed by atoms with Gasteiger partial charge in [0.2, 0.25) is 5.91 Å². The Balaban J connectivity index is 1.86.